The van der Waals surface area contributed by atoms with Crippen molar-refractivity contribution in [3.63, 3.8) is 0 Å². The molecule has 6 heteroatoms. The first-order valence-electron chi connectivity index (χ1n) is 6.08. The molecule has 0 unspecified atom stereocenters. The summed E-state index contributed by atoms with van der Waals surface area (Å²) in [5.41, 5.74) is -0.435. The Morgan fingerprint density at radius 3 is 2.74 bits per heavy atom. The number of likely N-dealkylation sites (tertiary alicyclic amines) is 1. The van der Waals surface area contributed by atoms with Gasteiger partial charge in [-0.2, -0.15) is 5.26 Å². The number of carbonyl (C=O) groups is 1. The fraction of sp³-hybridized carbons (Fsp3) is 0.462. The molecular weight excluding hydrogens is 308 g/mol. The molecule has 0 aromatic carbocycles. The van der Waals surface area contributed by atoms with Gasteiger partial charge in [0.25, 0.3) is 5.91 Å². The molecule has 0 spiro atoms. The van der Waals surface area contributed by atoms with E-state index in [-0.39, 0.29) is 5.91 Å². The molecule has 1 fully saturated rings. The lowest BCUT2D eigenvalue weighted by molar-refractivity contribution is 0.0877. The summed E-state index contributed by atoms with van der Waals surface area (Å²) in [5, 5.41) is 12.2. The van der Waals surface area contributed by atoms with Crippen LogP contribution in [0.3, 0.4) is 0 Å². The summed E-state index contributed by atoms with van der Waals surface area (Å²) in [7, 11) is 2.01. The maximum Gasteiger partial charge on any atom is 0.271 e. The summed E-state index contributed by atoms with van der Waals surface area (Å²) in [5.74, 6) is -0.293. The third-order valence-corrected chi connectivity index (χ3v) is 3.84. The molecule has 0 aliphatic carbocycles. The number of nitrogens with one attached hydrogen (secondary N) is 1. The van der Waals surface area contributed by atoms with Crippen LogP contribution in [0.5, 0.6) is 0 Å². The molecule has 1 saturated heterocycles. The number of pyridine rings is 1. The third-order valence-electron chi connectivity index (χ3n) is 3.37. The van der Waals surface area contributed by atoms with Gasteiger partial charge in [0.05, 0.1) is 6.07 Å². The second kappa shape index (κ2) is 5.68. The normalized spacial score (nSPS) is 18.6. The van der Waals surface area contributed by atoms with Crippen LogP contribution in [0, 0.1) is 11.3 Å². The van der Waals surface area contributed by atoms with Crippen molar-refractivity contribution in [1.29, 1.82) is 5.26 Å². The minimum atomic E-state index is -0.766. The Bertz CT molecular complexity index is 500. The summed E-state index contributed by atoms with van der Waals surface area (Å²) in [6.45, 7) is 1.61. The van der Waals surface area contributed by atoms with Gasteiger partial charge < -0.3 is 10.2 Å². The van der Waals surface area contributed by atoms with E-state index >= 15 is 0 Å². The van der Waals surface area contributed by atoms with E-state index in [2.05, 4.69) is 37.2 Å². The van der Waals surface area contributed by atoms with Gasteiger partial charge in [0.2, 0.25) is 0 Å². The smallest absolute Gasteiger partial charge is 0.271 e. The number of hydrogen-bond donors (Lipinski definition) is 1. The van der Waals surface area contributed by atoms with Crippen molar-refractivity contribution in [3.05, 3.63) is 28.5 Å². The van der Waals surface area contributed by atoms with Gasteiger partial charge in [-0.05, 0) is 48.0 Å². The molecule has 0 atom stereocenters. The first kappa shape index (κ1) is 14.0. The van der Waals surface area contributed by atoms with E-state index < -0.39 is 5.54 Å². The molecule has 1 aliphatic rings. The molecule has 0 radical (unpaired) electrons. The molecule has 2 rings (SSSR count). The minimum absolute atomic E-state index is 0.293. The van der Waals surface area contributed by atoms with E-state index in [1.54, 1.807) is 18.3 Å². The van der Waals surface area contributed by atoms with Crippen LogP contribution >= 0.6 is 15.9 Å². The highest BCUT2D eigenvalue weighted by atomic mass is 79.9. The van der Waals surface area contributed by atoms with E-state index in [4.69, 9.17) is 0 Å². The number of nitriles is 1. The van der Waals surface area contributed by atoms with Crippen molar-refractivity contribution < 1.29 is 4.79 Å². The van der Waals surface area contributed by atoms with Gasteiger partial charge in [0.1, 0.15) is 11.2 Å². The van der Waals surface area contributed by atoms with Crippen LogP contribution in [0.1, 0.15) is 23.3 Å². The maximum absolute atomic E-state index is 12.1. The first-order chi connectivity index (χ1) is 9.04. The second-order valence-corrected chi connectivity index (χ2v) is 5.73. The Kier molecular flexibility index (Phi) is 4.17. The van der Waals surface area contributed by atoms with Gasteiger partial charge >= 0.3 is 0 Å². The number of carbonyl (C=O) groups excluding carboxylic acids is 1. The lowest BCUT2D eigenvalue weighted by Gasteiger charge is -2.35. The third kappa shape index (κ3) is 3.31. The molecular formula is C13H15BrN4O. The Hall–Kier alpha value is -1.45. The summed E-state index contributed by atoms with van der Waals surface area (Å²) < 4.78 is 0.818. The Morgan fingerprint density at radius 2 is 2.21 bits per heavy atom. The highest BCUT2D eigenvalue weighted by Gasteiger charge is 2.35. The van der Waals surface area contributed by atoms with Gasteiger partial charge in [0, 0.05) is 23.8 Å². The molecule has 5 nitrogen and oxygen atoms in total. The van der Waals surface area contributed by atoms with E-state index in [9.17, 15) is 10.1 Å². The number of aromatic nitrogens is 1. The van der Waals surface area contributed by atoms with E-state index in [0.717, 1.165) is 17.6 Å². The molecule has 1 N–H and O–H groups in total. The quantitative estimate of drug-likeness (QED) is 0.897. The zero-order valence-corrected chi connectivity index (χ0v) is 12.3. The second-order valence-electron chi connectivity index (χ2n) is 4.81. The fourth-order valence-corrected chi connectivity index (χ4v) is 2.29. The van der Waals surface area contributed by atoms with Crippen LogP contribution in [0.4, 0.5) is 0 Å². The van der Waals surface area contributed by atoms with Crippen molar-refractivity contribution in [2.45, 2.75) is 18.4 Å². The summed E-state index contributed by atoms with van der Waals surface area (Å²) in [6, 6.07) is 5.65. The number of piperidine rings is 1. The molecule has 100 valence electrons. The largest absolute Gasteiger partial charge is 0.332 e. The first-order valence-corrected chi connectivity index (χ1v) is 6.88. The highest BCUT2D eigenvalue weighted by molar-refractivity contribution is 9.10. The Morgan fingerprint density at radius 1 is 1.53 bits per heavy atom. The van der Waals surface area contributed by atoms with Crippen molar-refractivity contribution in [3.8, 4) is 6.07 Å². The fourth-order valence-electron chi connectivity index (χ4n) is 2.06. The van der Waals surface area contributed by atoms with Crippen molar-refractivity contribution in [2.24, 2.45) is 0 Å². The lowest BCUT2D eigenvalue weighted by Crippen LogP contribution is -2.53. The number of amides is 1. The van der Waals surface area contributed by atoms with Crippen LogP contribution in [-0.2, 0) is 0 Å². The lowest BCUT2D eigenvalue weighted by atomic mass is 9.89. The standard InChI is InChI=1S/C13H15BrN4O/c1-18-6-4-13(9-15,5-7-18)17-12(19)11-3-2-10(14)8-16-11/h2-3,8H,4-7H2,1H3,(H,17,19). The van der Waals surface area contributed by atoms with Gasteiger partial charge in [-0.1, -0.05) is 0 Å². The number of hydrogen-bond acceptors (Lipinski definition) is 4. The number of nitrogens with zero attached hydrogens (tertiary/aromatic N) is 3. The van der Waals surface area contributed by atoms with E-state index in [1.807, 2.05) is 7.05 Å². The molecule has 1 aliphatic heterocycles. The van der Waals surface area contributed by atoms with E-state index in [0.29, 0.717) is 18.5 Å². The van der Waals surface area contributed by atoms with Crippen LogP contribution in [0.15, 0.2) is 22.8 Å². The predicted octanol–water partition coefficient (Wildman–Crippen LogP) is 1.56. The van der Waals surface area contributed by atoms with Crippen LogP contribution in [0.25, 0.3) is 0 Å². The SMILES string of the molecule is CN1CCC(C#N)(NC(=O)c2ccc(Br)cn2)CC1. The molecule has 1 aromatic heterocycles. The van der Waals surface area contributed by atoms with Gasteiger partial charge in [-0.3, -0.25) is 4.79 Å². The van der Waals surface area contributed by atoms with Gasteiger partial charge in [-0.15, -0.1) is 0 Å². The highest BCUT2D eigenvalue weighted by Crippen LogP contribution is 2.21. The zero-order valence-electron chi connectivity index (χ0n) is 10.7. The molecule has 19 heavy (non-hydrogen) atoms. The number of rotatable bonds is 2. The van der Waals surface area contributed by atoms with Crippen LogP contribution < -0.4 is 5.32 Å². The van der Waals surface area contributed by atoms with Crippen molar-refractivity contribution >= 4 is 21.8 Å². The van der Waals surface area contributed by atoms with Crippen LogP contribution in [0.2, 0.25) is 0 Å². The van der Waals surface area contributed by atoms with Gasteiger partial charge in [0.15, 0.2) is 0 Å². The predicted molar refractivity (Wildman–Crippen MR) is 74.5 cm³/mol. The van der Waals surface area contributed by atoms with Gasteiger partial charge in [-0.25, -0.2) is 4.98 Å². The molecule has 0 bridgehead atoms. The molecule has 0 saturated carbocycles. The molecule has 2 heterocycles. The molecule has 1 aromatic rings. The average Bonchev–Trinajstić information content (AvgIpc) is 2.42. The van der Waals surface area contributed by atoms with E-state index in [1.165, 1.54) is 0 Å². The Labute approximate surface area is 120 Å². The number of halogens is 1. The summed E-state index contributed by atoms with van der Waals surface area (Å²) in [4.78, 5) is 18.3. The minimum Gasteiger partial charge on any atom is -0.332 e. The topological polar surface area (TPSA) is 69.0 Å². The monoisotopic (exact) mass is 322 g/mol. The molecule has 1 amide bonds. The van der Waals surface area contributed by atoms with Crippen LogP contribution in [-0.4, -0.2) is 41.5 Å². The average molecular weight is 323 g/mol. The summed E-state index contributed by atoms with van der Waals surface area (Å²) >= 11 is 3.27. The maximum atomic E-state index is 12.1. The van der Waals surface area contributed by atoms with Crippen molar-refractivity contribution in [1.82, 2.24) is 15.2 Å². The zero-order chi connectivity index (χ0) is 13.9. The Balaban J connectivity index is 2.09. The summed E-state index contributed by atoms with van der Waals surface area (Å²) in [6.07, 6.45) is 2.85. The van der Waals surface area contributed by atoms with Crippen molar-refractivity contribution in [2.75, 3.05) is 20.1 Å².